The van der Waals surface area contributed by atoms with Crippen molar-refractivity contribution >= 4 is 5.97 Å². The van der Waals surface area contributed by atoms with E-state index in [0.29, 0.717) is 13.2 Å². The molecule has 1 rings (SSSR count). The molecule has 1 aliphatic rings. The van der Waals surface area contributed by atoms with E-state index in [9.17, 15) is 4.79 Å². The lowest BCUT2D eigenvalue weighted by molar-refractivity contribution is -0.142. The highest BCUT2D eigenvalue weighted by Gasteiger charge is 2.31. The lowest BCUT2D eigenvalue weighted by Crippen LogP contribution is -2.40. The quantitative estimate of drug-likeness (QED) is 0.616. The van der Waals surface area contributed by atoms with Gasteiger partial charge < -0.3 is 9.84 Å². The second kappa shape index (κ2) is 5.19. The van der Waals surface area contributed by atoms with Crippen LogP contribution in [0.3, 0.4) is 0 Å². The highest BCUT2D eigenvalue weighted by atomic mass is 16.5. The van der Waals surface area contributed by atoms with Crippen molar-refractivity contribution in [2.24, 2.45) is 0 Å². The van der Waals surface area contributed by atoms with Crippen LogP contribution in [0.5, 0.6) is 0 Å². The molecule has 0 amide bonds. The first-order valence-corrected chi connectivity index (χ1v) is 4.81. The fourth-order valence-electron chi connectivity index (χ4n) is 1.66. The molecule has 0 spiro atoms. The first-order chi connectivity index (χ1) is 6.29. The van der Waals surface area contributed by atoms with Crippen LogP contribution >= 0.6 is 0 Å². The minimum absolute atomic E-state index is 0.101. The van der Waals surface area contributed by atoms with Gasteiger partial charge in [0.15, 0.2) is 0 Å². The second-order valence-electron chi connectivity index (χ2n) is 3.23. The normalized spacial score (nSPS) is 22.4. The maximum atomic E-state index is 11.2. The summed E-state index contributed by atoms with van der Waals surface area (Å²) in [6.45, 7) is 4.09. The van der Waals surface area contributed by atoms with Crippen LogP contribution in [0, 0.1) is 0 Å². The van der Waals surface area contributed by atoms with Gasteiger partial charge in [-0.1, -0.05) is 6.92 Å². The van der Waals surface area contributed by atoms with Gasteiger partial charge in [0.2, 0.25) is 0 Å². The minimum Gasteiger partial charge on any atom is -0.464 e. The highest BCUT2D eigenvalue weighted by Crippen LogP contribution is 2.13. The molecule has 1 aliphatic heterocycles. The van der Waals surface area contributed by atoms with Gasteiger partial charge in [-0.25, -0.2) is 0 Å². The summed E-state index contributed by atoms with van der Waals surface area (Å²) in [4.78, 5) is 13.2. The van der Waals surface area contributed by atoms with Gasteiger partial charge in [0, 0.05) is 13.0 Å². The van der Waals surface area contributed by atoms with Crippen LogP contribution in [0.1, 0.15) is 19.8 Å². The summed E-state index contributed by atoms with van der Waals surface area (Å²) in [7, 11) is 0. The van der Waals surface area contributed by atoms with Crippen LogP contribution < -0.4 is 0 Å². The molecular formula is C9H17NO3. The third-order valence-corrected chi connectivity index (χ3v) is 2.25. The Hall–Kier alpha value is -0.610. The molecular weight excluding hydrogens is 170 g/mol. The fourth-order valence-corrected chi connectivity index (χ4v) is 1.66. The standard InChI is InChI=1S/C9H17NO3/c1-2-4-10(5-6-11)8-3-7-13-9(8)12/h8,11H,2-7H2,1H3. The Bertz CT molecular complexity index is 166. The third-order valence-electron chi connectivity index (χ3n) is 2.25. The summed E-state index contributed by atoms with van der Waals surface area (Å²) in [5, 5.41) is 8.82. The Balaban J connectivity index is 2.47. The lowest BCUT2D eigenvalue weighted by atomic mass is 10.2. The highest BCUT2D eigenvalue weighted by molar-refractivity contribution is 5.77. The Morgan fingerprint density at radius 2 is 2.38 bits per heavy atom. The van der Waals surface area contributed by atoms with Crippen molar-refractivity contribution in [2.45, 2.75) is 25.8 Å². The zero-order chi connectivity index (χ0) is 9.68. The summed E-state index contributed by atoms with van der Waals surface area (Å²) >= 11 is 0. The van der Waals surface area contributed by atoms with Gasteiger partial charge in [0.1, 0.15) is 6.04 Å². The van der Waals surface area contributed by atoms with Crippen molar-refractivity contribution in [3.63, 3.8) is 0 Å². The number of hydrogen-bond donors (Lipinski definition) is 1. The van der Waals surface area contributed by atoms with Gasteiger partial charge in [-0.3, -0.25) is 9.69 Å². The van der Waals surface area contributed by atoms with Gasteiger partial charge in [-0.15, -0.1) is 0 Å². The third kappa shape index (κ3) is 2.67. The number of nitrogens with zero attached hydrogens (tertiary/aromatic N) is 1. The SMILES string of the molecule is CCCN(CCO)C1CCOC1=O. The number of hydrogen-bond acceptors (Lipinski definition) is 4. The second-order valence-corrected chi connectivity index (χ2v) is 3.23. The Morgan fingerprint density at radius 1 is 1.62 bits per heavy atom. The van der Waals surface area contributed by atoms with E-state index in [4.69, 9.17) is 9.84 Å². The average molecular weight is 187 g/mol. The van der Waals surface area contributed by atoms with E-state index in [1.807, 2.05) is 4.90 Å². The predicted octanol–water partition coefficient (Wildman–Crippen LogP) is 0.00620. The van der Waals surface area contributed by atoms with E-state index >= 15 is 0 Å². The molecule has 4 heteroatoms. The van der Waals surface area contributed by atoms with Gasteiger partial charge >= 0.3 is 5.97 Å². The average Bonchev–Trinajstić information content (AvgIpc) is 2.51. The molecule has 0 aromatic carbocycles. The number of carbonyl (C=O) groups excluding carboxylic acids is 1. The first kappa shape index (κ1) is 10.5. The lowest BCUT2D eigenvalue weighted by Gasteiger charge is -2.24. The molecule has 0 bridgehead atoms. The Kier molecular flexibility index (Phi) is 4.18. The summed E-state index contributed by atoms with van der Waals surface area (Å²) in [6.07, 6.45) is 1.75. The predicted molar refractivity (Wildman–Crippen MR) is 48.3 cm³/mol. The molecule has 4 nitrogen and oxygen atoms in total. The molecule has 1 atom stereocenters. The maximum absolute atomic E-state index is 11.2. The van der Waals surface area contributed by atoms with Crippen LogP contribution in [-0.2, 0) is 9.53 Å². The van der Waals surface area contributed by atoms with E-state index in [-0.39, 0.29) is 18.6 Å². The van der Waals surface area contributed by atoms with Gasteiger partial charge in [-0.05, 0) is 13.0 Å². The minimum atomic E-state index is -0.137. The molecule has 76 valence electrons. The van der Waals surface area contributed by atoms with Crippen LogP contribution in [0.2, 0.25) is 0 Å². The number of rotatable bonds is 5. The van der Waals surface area contributed by atoms with Gasteiger partial charge in [0.05, 0.1) is 13.2 Å². The summed E-state index contributed by atoms with van der Waals surface area (Å²) in [5.74, 6) is -0.137. The number of esters is 1. The first-order valence-electron chi connectivity index (χ1n) is 4.81. The topological polar surface area (TPSA) is 49.8 Å². The fraction of sp³-hybridized carbons (Fsp3) is 0.889. The molecule has 0 saturated carbocycles. The van der Waals surface area contributed by atoms with Crippen LogP contribution in [-0.4, -0.2) is 48.3 Å². The van der Waals surface area contributed by atoms with Gasteiger partial charge in [-0.2, -0.15) is 0 Å². The monoisotopic (exact) mass is 187 g/mol. The van der Waals surface area contributed by atoms with Crippen LogP contribution in [0.25, 0.3) is 0 Å². The number of aliphatic hydroxyl groups excluding tert-OH is 1. The van der Waals surface area contributed by atoms with E-state index in [2.05, 4.69) is 6.92 Å². The molecule has 1 fully saturated rings. The van der Waals surface area contributed by atoms with Crippen molar-refractivity contribution < 1.29 is 14.6 Å². The van der Waals surface area contributed by atoms with Crippen molar-refractivity contribution in [3.8, 4) is 0 Å². The smallest absolute Gasteiger partial charge is 0.323 e. The van der Waals surface area contributed by atoms with Gasteiger partial charge in [0.25, 0.3) is 0 Å². The Labute approximate surface area is 78.5 Å². The number of cyclic esters (lactones) is 1. The zero-order valence-corrected chi connectivity index (χ0v) is 8.03. The molecule has 1 N–H and O–H groups in total. The molecule has 0 aliphatic carbocycles. The number of carbonyl (C=O) groups is 1. The summed E-state index contributed by atoms with van der Waals surface area (Å²) in [5.41, 5.74) is 0. The molecule has 13 heavy (non-hydrogen) atoms. The molecule has 0 aromatic rings. The number of aliphatic hydroxyl groups is 1. The molecule has 1 heterocycles. The van der Waals surface area contributed by atoms with E-state index < -0.39 is 0 Å². The summed E-state index contributed by atoms with van der Waals surface area (Å²) < 4.78 is 4.88. The van der Waals surface area contributed by atoms with Crippen molar-refractivity contribution in [1.82, 2.24) is 4.90 Å². The molecule has 0 aromatic heterocycles. The maximum Gasteiger partial charge on any atom is 0.323 e. The summed E-state index contributed by atoms with van der Waals surface area (Å²) in [6, 6.07) is -0.118. The van der Waals surface area contributed by atoms with E-state index in [1.54, 1.807) is 0 Å². The van der Waals surface area contributed by atoms with Crippen molar-refractivity contribution in [2.75, 3.05) is 26.3 Å². The molecule has 1 unspecified atom stereocenters. The van der Waals surface area contributed by atoms with Crippen molar-refractivity contribution in [1.29, 1.82) is 0 Å². The zero-order valence-electron chi connectivity index (χ0n) is 8.03. The number of ether oxygens (including phenoxy) is 1. The molecule has 0 radical (unpaired) electrons. The molecule has 1 saturated heterocycles. The van der Waals surface area contributed by atoms with Crippen LogP contribution in [0.4, 0.5) is 0 Å². The van der Waals surface area contributed by atoms with Crippen LogP contribution in [0.15, 0.2) is 0 Å². The van der Waals surface area contributed by atoms with E-state index in [1.165, 1.54) is 0 Å². The largest absolute Gasteiger partial charge is 0.464 e. The van der Waals surface area contributed by atoms with E-state index in [0.717, 1.165) is 19.4 Å². The van der Waals surface area contributed by atoms with Crippen molar-refractivity contribution in [3.05, 3.63) is 0 Å². The Morgan fingerprint density at radius 3 is 2.85 bits per heavy atom.